The molecule has 0 spiro atoms. The standard InChI is InChI=1S/C23H16Br2ClNO2/c1-28-20-8-6-15(7-9-20)18(13-27)10-17-11-19(24)12-21(25)23(17)29-14-16-4-2-3-5-22(16)26/h2-12H,14H2,1H3/b18-10+. The molecule has 3 aromatic rings. The molecule has 0 aliphatic carbocycles. The molecule has 146 valence electrons. The maximum absolute atomic E-state index is 9.71. The molecule has 0 unspecified atom stereocenters. The lowest BCUT2D eigenvalue weighted by Crippen LogP contribution is -1.99. The van der Waals surface area contributed by atoms with E-state index in [1.807, 2.05) is 60.7 Å². The van der Waals surface area contributed by atoms with E-state index in [0.717, 1.165) is 31.4 Å². The first-order valence-corrected chi connectivity index (χ1v) is 10.6. The Hall–Kier alpha value is -2.26. The highest BCUT2D eigenvalue weighted by molar-refractivity contribution is 9.11. The van der Waals surface area contributed by atoms with Crippen molar-refractivity contribution in [2.75, 3.05) is 7.11 Å². The fraction of sp³-hybridized carbons (Fsp3) is 0.0870. The van der Waals surface area contributed by atoms with Crippen LogP contribution in [0.15, 0.2) is 69.6 Å². The van der Waals surface area contributed by atoms with E-state index in [1.54, 1.807) is 13.2 Å². The van der Waals surface area contributed by atoms with Crippen LogP contribution in [0.3, 0.4) is 0 Å². The van der Waals surface area contributed by atoms with E-state index in [1.165, 1.54) is 0 Å². The highest BCUT2D eigenvalue weighted by atomic mass is 79.9. The minimum absolute atomic E-state index is 0.311. The summed E-state index contributed by atoms with van der Waals surface area (Å²) >= 11 is 13.3. The summed E-state index contributed by atoms with van der Waals surface area (Å²) < 4.78 is 12.9. The molecule has 0 aliphatic rings. The molecular weight excluding hydrogens is 518 g/mol. The van der Waals surface area contributed by atoms with Gasteiger partial charge in [0.1, 0.15) is 18.1 Å². The summed E-state index contributed by atoms with van der Waals surface area (Å²) in [5.41, 5.74) is 2.96. The van der Waals surface area contributed by atoms with Crippen LogP contribution in [0.4, 0.5) is 0 Å². The highest BCUT2D eigenvalue weighted by Crippen LogP contribution is 2.36. The van der Waals surface area contributed by atoms with Crippen molar-refractivity contribution >= 4 is 55.1 Å². The summed E-state index contributed by atoms with van der Waals surface area (Å²) in [6.07, 6.45) is 1.80. The number of nitrogens with zero attached hydrogens (tertiary/aromatic N) is 1. The van der Waals surface area contributed by atoms with Crippen molar-refractivity contribution in [2.24, 2.45) is 0 Å². The van der Waals surface area contributed by atoms with Crippen LogP contribution in [0.5, 0.6) is 11.5 Å². The van der Waals surface area contributed by atoms with Gasteiger partial charge in [-0.1, -0.05) is 45.7 Å². The maximum Gasteiger partial charge on any atom is 0.141 e. The third-order valence-corrected chi connectivity index (χ3v) is 5.60. The first-order chi connectivity index (χ1) is 14.0. The summed E-state index contributed by atoms with van der Waals surface area (Å²) in [5, 5.41) is 10.4. The van der Waals surface area contributed by atoms with Crippen LogP contribution in [-0.2, 0) is 6.61 Å². The van der Waals surface area contributed by atoms with E-state index in [9.17, 15) is 5.26 Å². The third-order valence-electron chi connectivity index (χ3n) is 4.19. The van der Waals surface area contributed by atoms with E-state index in [4.69, 9.17) is 21.1 Å². The number of hydrogen-bond donors (Lipinski definition) is 0. The van der Waals surface area contributed by atoms with Gasteiger partial charge in [0.15, 0.2) is 0 Å². The van der Waals surface area contributed by atoms with E-state index in [-0.39, 0.29) is 0 Å². The third kappa shape index (κ3) is 5.42. The van der Waals surface area contributed by atoms with Gasteiger partial charge in [0, 0.05) is 20.6 Å². The van der Waals surface area contributed by atoms with Gasteiger partial charge in [-0.3, -0.25) is 0 Å². The highest BCUT2D eigenvalue weighted by Gasteiger charge is 2.12. The van der Waals surface area contributed by atoms with Crippen LogP contribution in [-0.4, -0.2) is 7.11 Å². The summed E-state index contributed by atoms with van der Waals surface area (Å²) in [6, 6.07) is 21.0. The summed E-state index contributed by atoms with van der Waals surface area (Å²) in [7, 11) is 1.61. The molecule has 0 aliphatic heterocycles. The molecule has 0 heterocycles. The van der Waals surface area contributed by atoms with Gasteiger partial charge in [-0.2, -0.15) is 5.26 Å². The minimum atomic E-state index is 0.311. The smallest absolute Gasteiger partial charge is 0.141 e. The monoisotopic (exact) mass is 531 g/mol. The molecule has 0 atom stereocenters. The van der Waals surface area contributed by atoms with Gasteiger partial charge in [0.2, 0.25) is 0 Å². The van der Waals surface area contributed by atoms with Crippen LogP contribution < -0.4 is 9.47 Å². The van der Waals surface area contributed by atoms with Crippen molar-refractivity contribution < 1.29 is 9.47 Å². The van der Waals surface area contributed by atoms with Crippen LogP contribution >= 0.6 is 43.5 Å². The zero-order valence-corrected chi connectivity index (χ0v) is 19.4. The van der Waals surface area contributed by atoms with Crippen LogP contribution in [0.2, 0.25) is 5.02 Å². The quantitative estimate of drug-likeness (QED) is 0.243. The van der Waals surface area contributed by atoms with Crippen molar-refractivity contribution in [3.8, 4) is 17.6 Å². The van der Waals surface area contributed by atoms with Gasteiger partial charge in [-0.05, 0) is 70.0 Å². The molecule has 0 saturated carbocycles. The van der Waals surface area contributed by atoms with Gasteiger partial charge < -0.3 is 9.47 Å². The molecule has 0 bridgehead atoms. The number of ether oxygens (including phenoxy) is 2. The topological polar surface area (TPSA) is 42.2 Å². The van der Waals surface area contributed by atoms with E-state index < -0.39 is 0 Å². The van der Waals surface area contributed by atoms with Crippen molar-refractivity contribution in [3.63, 3.8) is 0 Å². The molecule has 0 aromatic heterocycles. The van der Waals surface area contributed by atoms with Gasteiger partial charge in [0.25, 0.3) is 0 Å². The minimum Gasteiger partial charge on any atom is -0.497 e. The van der Waals surface area contributed by atoms with Gasteiger partial charge in [0.05, 0.1) is 23.2 Å². The Kier molecular flexibility index (Phi) is 7.38. The summed E-state index contributed by atoms with van der Waals surface area (Å²) in [4.78, 5) is 0. The van der Waals surface area contributed by atoms with E-state index >= 15 is 0 Å². The fourth-order valence-corrected chi connectivity index (χ4v) is 4.27. The lowest BCUT2D eigenvalue weighted by Gasteiger charge is -2.13. The second-order valence-electron chi connectivity index (χ2n) is 6.08. The van der Waals surface area contributed by atoms with Gasteiger partial charge in [-0.15, -0.1) is 0 Å². The maximum atomic E-state index is 9.71. The molecule has 0 amide bonds. The van der Waals surface area contributed by atoms with Crippen molar-refractivity contribution in [1.82, 2.24) is 0 Å². The summed E-state index contributed by atoms with van der Waals surface area (Å²) in [6.45, 7) is 0.311. The van der Waals surface area contributed by atoms with Gasteiger partial charge in [-0.25, -0.2) is 0 Å². The lowest BCUT2D eigenvalue weighted by molar-refractivity contribution is 0.303. The lowest BCUT2D eigenvalue weighted by atomic mass is 10.0. The molecule has 0 saturated heterocycles. The second-order valence-corrected chi connectivity index (χ2v) is 8.26. The van der Waals surface area contributed by atoms with Gasteiger partial charge >= 0.3 is 0 Å². The SMILES string of the molecule is COc1ccc(/C(C#N)=C/c2cc(Br)cc(Br)c2OCc2ccccc2Cl)cc1. The number of benzene rings is 3. The Morgan fingerprint density at radius 1 is 1.10 bits per heavy atom. The average molecular weight is 534 g/mol. The number of hydrogen-bond acceptors (Lipinski definition) is 3. The number of allylic oxidation sites excluding steroid dienone is 1. The Balaban J connectivity index is 1.97. The number of halogens is 3. The van der Waals surface area contributed by atoms with Crippen LogP contribution in [0.1, 0.15) is 16.7 Å². The molecular formula is C23H16Br2ClNO2. The Bertz CT molecular complexity index is 1090. The second kappa shape index (κ2) is 9.98. The predicted octanol–water partition coefficient (Wildman–Crippen LogP) is 7.52. The molecule has 6 heteroatoms. The average Bonchev–Trinajstić information content (AvgIpc) is 2.72. The predicted molar refractivity (Wildman–Crippen MR) is 124 cm³/mol. The molecule has 29 heavy (non-hydrogen) atoms. The Morgan fingerprint density at radius 2 is 1.83 bits per heavy atom. The van der Waals surface area contributed by atoms with Crippen LogP contribution in [0.25, 0.3) is 11.6 Å². The zero-order valence-electron chi connectivity index (χ0n) is 15.5. The first-order valence-electron chi connectivity index (χ1n) is 8.63. The van der Waals surface area contributed by atoms with Crippen LogP contribution in [0, 0.1) is 11.3 Å². The van der Waals surface area contributed by atoms with Crippen molar-refractivity contribution in [1.29, 1.82) is 5.26 Å². The molecule has 3 nitrogen and oxygen atoms in total. The number of methoxy groups -OCH3 is 1. The van der Waals surface area contributed by atoms with Crippen molar-refractivity contribution in [3.05, 3.63) is 91.3 Å². The number of nitriles is 1. The van der Waals surface area contributed by atoms with E-state index in [2.05, 4.69) is 37.9 Å². The molecule has 3 rings (SSSR count). The largest absolute Gasteiger partial charge is 0.497 e. The zero-order chi connectivity index (χ0) is 20.8. The Labute approximate surface area is 191 Å². The molecule has 0 N–H and O–H groups in total. The molecule has 0 fully saturated rings. The normalized spacial score (nSPS) is 11.1. The molecule has 3 aromatic carbocycles. The first kappa shape index (κ1) is 21.4. The van der Waals surface area contributed by atoms with Crippen molar-refractivity contribution in [2.45, 2.75) is 6.61 Å². The molecule has 0 radical (unpaired) electrons. The fourth-order valence-electron chi connectivity index (χ4n) is 2.71. The summed E-state index contributed by atoms with van der Waals surface area (Å²) in [5.74, 6) is 1.37. The van der Waals surface area contributed by atoms with E-state index in [0.29, 0.717) is 23.0 Å². The Morgan fingerprint density at radius 3 is 2.48 bits per heavy atom. The number of rotatable bonds is 6.